The van der Waals surface area contributed by atoms with Crippen LogP contribution in [0.5, 0.6) is 0 Å². The van der Waals surface area contributed by atoms with Crippen molar-refractivity contribution in [2.45, 2.75) is 19.9 Å². The van der Waals surface area contributed by atoms with E-state index >= 15 is 0 Å². The lowest BCUT2D eigenvalue weighted by molar-refractivity contribution is 0.526. The van der Waals surface area contributed by atoms with Crippen LogP contribution in [-0.2, 0) is 0 Å². The van der Waals surface area contributed by atoms with Gasteiger partial charge in [-0.2, -0.15) is 9.97 Å². The number of aromatic nitrogens is 5. The Morgan fingerprint density at radius 3 is 2.71 bits per heavy atom. The molecule has 21 heavy (non-hydrogen) atoms. The van der Waals surface area contributed by atoms with Crippen LogP contribution in [0, 0.1) is 0 Å². The van der Waals surface area contributed by atoms with Crippen LogP contribution in [0.1, 0.15) is 19.9 Å². The van der Waals surface area contributed by atoms with Crippen molar-refractivity contribution in [2.75, 3.05) is 5.32 Å². The third kappa shape index (κ3) is 2.77. The summed E-state index contributed by atoms with van der Waals surface area (Å²) in [5, 5.41) is 12.1. The molecule has 0 fully saturated rings. The maximum atomic E-state index is 6.00. The molecule has 0 spiro atoms. The van der Waals surface area contributed by atoms with Crippen molar-refractivity contribution in [3.8, 4) is 0 Å². The summed E-state index contributed by atoms with van der Waals surface area (Å²) in [6.07, 6.45) is 0. The molecule has 0 radical (unpaired) electrons. The zero-order valence-electron chi connectivity index (χ0n) is 11.4. The minimum atomic E-state index is 0.125. The molecule has 2 heterocycles. The highest BCUT2D eigenvalue weighted by Crippen LogP contribution is 2.25. The van der Waals surface area contributed by atoms with Gasteiger partial charge in [0.1, 0.15) is 0 Å². The van der Waals surface area contributed by atoms with Crippen molar-refractivity contribution in [3.05, 3.63) is 34.6 Å². The fourth-order valence-electron chi connectivity index (χ4n) is 1.94. The number of hydrogen-bond acceptors (Lipinski definition) is 5. The van der Waals surface area contributed by atoms with Crippen molar-refractivity contribution in [1.29, 1.82) is 0 Å². The van der Waals surface area contributed by atoms with E-state index in [4.69, 9.17) is 23.2 Å². The molecule has 1 aromatic carbocycles. The van der Waals surface area contributed by atoms with Crippen molar-refractivity contribution >= 4 is 45.9 Å². The molecule has 0 saturated heterocycles. The Labute approximate surface area is 131 Å². The molecule has 0 amide bonds. The predicted molar refractivity (Wildman–Crippen MR) is 83.2 cm³/mol. The molecule has 3 rings (SSSR count). The number of benzene rings is 1. The number of nitrogens with zero attached hydrogens (tertiary/aromatic N) is 5. The van der Waals surface area contributed by atoms with E-state index in [0.29, 0.717) is 22.0 Å². The lowest BCUT2D eigenvalue weighted by Gasteiger charge is -2.08. The molecule has 108 valence electrons. The summed E-state index contributed by atoms with van der Waals surface area (Å²) in [5.74, 6) is 0.499. The minimum absolute atomic E-state index is 0.125. The van der Waals surface area contributed by atoms with Gasteiger partial charge in [-0.25, -0.2) is 4.68 Å². The van der Waals surface area contributed by atoms with Gasteiger partial charge in [-0.3, -0.25) is 0 Å². The molecule has 6 nitrogen and oxygen atoms in total. The summed E-state index contributed by atoms with van der Waals surface area (Å²) in [6.45, 7) is 3.99. The quantitative estimate of drug-likeness (QED) is 0.741. The van der Waals surface area contributed by atoms with Gasteiger partial charge in [-0.05, 0) is 43.6 Å². The number of halogens is 2. The predicted octanol–water partition coefficient (Wildman–Crippen LogP) is 3.85. The van der Waals surface area contributed by atoms with E-state index in [1.165, 1.54) is 0 Å². The molecule has 1 N–H and O–H groups in total. The van der Waals surface area contributed by atoms with Crippen molar-refractivity contribution < 1.29 is 0 Å². The summed E-state index contributed by atoms with van der Waals surface area (Å²) in [6, 6.07) is 7.43. The SMILES string of the molecule is CC(C)n1nnc2c(Nc3cccc(Cl)c3)nc(Cl)nc21. The highest BCUT2D eigenvalue weighted by molar-refractivity contribution is 6.30. The molecule has 0 saturated carbocycles. The Hall–Kier alpha value is -1.92. The van der Waals surface area contributed by atoms with E-state index in [9.17, 15) is 0 Å². The van der Waals surface area contributed by atoms with Gasteiger partial charge in [-0.1, -0.05) is 22.9 Å². The van der Waals surface area contributed by atoms with Gasteiger partial charge in [-0.15, -0.1) is 5.10 Å². The average molecular weight is 323 g/mol. The summed E-state index contributed by atoms with van der Waals surface area (Å²) in [5.41, 5.74) is 1.94. The van der Waals surface area contributed by atoms with E-state index in [0.717, 1.165) is 5.69 Å². The smallest absolute Gasteiger partial charge is 0.226 e. The van der Waals surface area contributed by atoms with Gasteiger partial charge in [0, 0.05) is 10.7 Å². The van der Waals surface area contributed by atoms with Crippen LogP contribution in [0.4, 0.5) is 11.5 Å². The Bertz CT molecular complexity index is 798. The van der Waals surface area contributed by atoms with E-state index < -0.39 is 0 Å². The molecule has 2 aromatic heterocycles. The maximum Gasteiger partial charge on any atom is 0.226 e. The molecule has 0 bridgehead atoms. The van der Waals surface area contributed by atoms with Crippen molar-refractivity contribution in [2.24, 2.45) is 0 Å². The molecule has 3 aromatic rings. The second kappa shape index (κ2) is 5.46. The number of rotatable bonds is 3. The van der Waals surface area contributed by atoms with Crippen LogP contribution in [-0.4, -0.2) is 25.0 Å². The molecular formula is C13H12Cl2N6. The van der Waals surface area contributed by atoms with Crippen molar-refractivity contribution in [1.82, 2.24) is 25.0 Å². The molecule has 0 aliphatic rings. The zero-order valence-corrected chi connectivity index (χ0v) is 12.9. The van der Waals surface area contributed by atoms with E-state index in [1.807, 2.05) is 26.0 Å². The topological polar surface area (TPSA) is 68.5 Å². The Kier molecular flexibility index (Phi) is 3.65. The Morgan fingerprint density at radius 2 is 2.00 bits per heavy atom. The number of anilines is 2. The van der Waals surface area contributed by atoms with Crippen LogP contribution in [0.25, 0.3) is 11.2 Å². The van der Waals surface area contributed by atoms with Gasteiger partial charge in [0.15, 0.2) is 17.0 Å². The second-order valence-corrected chi connectivity index (χ2v) is 5.55. The summed E-state index contributed by atoms with van der Waals surface area (Å²) in [4.78, 5) is 8.39. The fraction of sp³-hybridized carbons (Fsp3) is 0.231. The molecule has 8 heteroatoms. The van der Waals surface area contributed by atoms with Crippen LogP contribution >= 0.6 is 23.2 Å². The largest absolute Gasteiger partial charge is 0.338 e. The van der Waals surface area contributed by atoms with Gasteiger partial charge < -0.3 is 5.32 Å². The van der Waals surface area contributed by atoms with Gasteiger partial charge in [0.2, 0.25) is 5.28 Å². The lowest BCUT2D eigenvalue weighted by Crippen LogP contribution is -2.04. The van der Waals surface area contributed by atoms with E-state index in [1.54, 1.807) is 16.8 Å². The summed E-state index contributed by atoms with van der Waals surface area (Å²) < 4.78 is 1.70. The van der Waals surface area contributed by atoms with Crippen LogP contribution in [0.3, 0.4) is 0 Å². The average Bonchev–Trinajstić information content (AvgIpc) is 2.82. The Morgan fingerprint density at radius 1 is 1.19 bits per heavy atom. The molecule has 0 atom stereocenters. The first kappa shape index (κ1) is 14.0. The van der Waals surface area contributed by atoms with E-state index in [2.05, 4.69) is 25.6 Å². The zero-order chi connectivity index (χ0) is 15.0. The highest BCUT2D eigenvalue weighted by Gasteiger charge is 2.15. The van der Waals surface area contributed by atoms with Gasteiger partial charge >= 0.3 is 0 Å². The lowest BCUT2D eigenvalue weighted by atomic mass is 10.3. The molecule has 0 aliphatic carbocycles. The maximum absolute atomic E-state index is 6.00. The molecule has 0 unspecified atom stereocenters. The van der Waals surface area contributed by atoms with Gasteiger partial charge in [0.25, 0.3) is 0 Å². The highest BCUT2D eigenvalue weighted by atomic mass is 35.5. The summed E-state index contributed by atoms with van der Waals surface area (Å²) in [7, 11) is 0. The first-order valence-corrected chi connectivity index (χ1v) is 7.11. The third-order valence-electron chi connectivity index (χ3n) is 2.87. The van der Waals surface area contributed by atoms with E-state index in [-0.39, 0.29) is 11.3 Å². The van der Waals surface area contributed by atoms with Gasteiger partial charge in [0.05, 0.1) is 6.04 Å². The number of nitrogens with one attached hydrogen (secondary N) is 1. The van der Waals surface area contributed by atoms with Crippen LogP contribution in [0.2, 0.25) is 10.3 Å². The van der Waals surface area contributed by atoms with Crippen LogP contribution < -0.4 is 5.32 Å². The van der Waals surface area contributed by atoms with Crippen molar-refractivity contribution in [3.63, 3.8) is 0 Å². The standard InChI is InChI=1S/C13H12Cl2N6/c1-7(2)21-12-10(19-20-21)11(17-13(15)18-12)16-9-5-3-4-8(14)6-9/h3-7H,1-2H3,(H,16,17,18). The number of fused-ring (bicyclic) bond motifs is 1. The molecule has 0 aliphatic heterocycles. The first-order chi connectivity index (χ1) is 10.0. The third-order valence-corrected chi connectivity index (χ3v) is 3.28. The second-order valence-electron chi connectivity index (χ2n) is 4.78. The Balaban J connectivity index is 2.10. The monoisotopic (exact) mass is 322 g/mol. The number of hydrogen-bond donors (Lipinski definition) is 1. The molecular weight excluding hydrogens is 311 g/mol. The fourth-order valence-corrected chi connectivity index (χ4v) is 2.30. The minimum Gasteiger partial charge on any atom is -0.338 e. The first-order valence-electron chi connectivity index (χ1n) is 6.35. The summed E-state index contributed by atoms with van der Waals surface area (Å²) >= 11 is 12.0. The normalized spacial score (nSPS) is 11.3. The van der Waals surface area contributed by atoms with Crippen LogP contribution in [0.15, 0.2) is 24.3 Å².